The Morgan fingerprint density at radius 1 is 0.962 bits per heavy atom. The lowest BCUT2D eigenvalue weighted by molar-refractivity contribution is 0.171. The van der Waals surface area contributed by atoms with Gasteiger partial charge in [0.15, 0.2) is 11.5 Å². The Hall–Kier alpha value is -2.82. The maximum absolute atomic E-state index is 5.76. The molecule has 5 nitrogen and oxygen atoms in total. The third kappa shape index (κ3) is 3.05. The predicted octanol–water partition coefficient (Wildman–Crippen LogP) is 4.52. The van der Waals surface area contributed by atoms with Crippen LogP contribution in [0.1, 0.15) is 32.3 Å². The molecule has 0 aliphatic carbocycles. The smallest absolute Gasteiger partial charge is 0.162 e. The summed E-state index contributed by atoms with van der Waals surface area (Å²) in [4.78, 5) is 12.8. The first-order valence-electron chi connectivity index (χ1n) is 8.85. The highest BCUT2D eigenvalue weighted by Crippen LogP contribution is 2.38. The van der Waals surface area contributed by atoms with Gasteiger partial charge in [-0.3, -0.25) is 4.98 Å². The number of fused-ring (bicyclic) bond motifs is 1. The summed E-state index contributed by atoms with van der Waals surface area (Å²) >= 11 is 0. The van der Waals surface area contributed by atoms with Crippen molar-refractivity contribution in [2.45, 2.75) is 33.1 Å². The van der Waals surface area contributed by atoms with Crippen molar-refractivity contribution in [3.05, 3.63) is 48.0 Å². The van der Waals surface area contributed by atoms with E-state index in [0.29, 0.717) is 13.2 Å². The Kier molecular flexibility index (Phi) is 3.94. The first-order valence-corrected chi connectivity index (χ1v) is 8.85. The van der Waals surface area contributed by atoms with Crippen LogP contribution in [-0.4, -0.2) is 28.2 Å². The van der Waals surface area contributed by atoms with E-state index in [0.717, 1.165) is 45.5 Å². The molecule has 5 heteroatoms. The number of nitrogens with zero attached hydrogens (tertiary/aromatic N) is 2. The lowest BCUT2D eigenvalue weighted by Gasteiger charge is -2.19. The van der Waals surface area contributed by atoms with Crippen molar-refractivity contribution in [3.8, 4) is 34.0 Å². The molecule has 0 amide bonds. The Labute approximate surface area is 153 Å². The Bertz CT molecular complexity index is 954. The van der Waals surface area contributed by atoms with Crippen LogP contribution in [0.4, 0.5) is 0 Å². The summed E-state index contributed by atoms with van der Waals surface area (Å²) in [5.41, 5.74) is 4.88. The molecule has 26 heavy (non-hydrogen) atoms. The number of rotatable bonds is 2. The van der Waals surface area contributed by atoms with Crippen molar-refractivity contribution >= 4 is 0 Å². The lowest BCUT2D eigenvalue weighted by Crippen LogP contribution is -2.15. The molecule has 134 valence electrons. The van der Waals surface area contributed by atoms with Gasteiger partial charge in [-0.05, 0) is 37.3 Å². The van der Waals surface area contributed by atoms with E-state index in [4.69, 9.17) is 14.5 Å². The van der Waals surface area contributed by atoms with Gasteiger partial charge >= 0.3 is 0 Å². The van der Waals surface area contributed by atoms with E-state index in [1.165, 1.54) is 0 Å². The number of hydrogen-bond acceptors (Lipinski definition) is 4. The molecule has 1 aliphatic heterocycles. The average molecular weight is 349 g/mol. The van der Waals surface area contributed by atoms with Gasteiger partial charge in [0, 0.05) is 28.4 Å². The van der Waals surface area contributed by atoms with E-state index < -0.39 is 0 Å². The van der Waals surface area contributed by atoms with Crippen LogP contribution in [0.5, 0.6) is 11.5 Å². The average Bonchev–Trinajstić information content (AvgIpc) is 3.07. The maximum atomic E-state index is 5.76. The van der Waals surface area contributed by atoms with Crippen molar-refractivity contribution in [1.29, 1.82) is 0 Å². The van der Waals surface area contributed by atoms with Gasteiger partial charge in [0.1, 0.15) is 19.0 Å². The van der Waals surface area contributed by atoms with Gasteiger partial charge in [0.05, 0.1) is 11.4 Å². The Balaban J connectivity index is 1.88. The van der Waals surface area contributed by atoms with E-state index in [2.05, 4.69) is 36.8 Å². The second-order valence-electron chi connectivity index (χ2n) is 7.60. The van der Waals surface area contributed by atoms with Crippen LogP contribution in [-0.2, 0) is 5.41 Å². The molecule has 0 spiro atoms. The minimum atomic E-state index is -0.0805. The lowest BCUT2D eigenvalue weighted by atomic mass is 9.96. The highest BCUT2D eigenvalue weighted by molar-refractivity contribution is 5.79. The summed E-state index contributed by atoms with van der Waals surface area (Å²) in [6, 6.07) is 10.1. The molecule has 0 radical (unpaired) electrons. The number of aromatic amines is 1. The van der Waals surface area contributed by atoms with Crippen molar-refractivity contribution in [2.75, 3.05) is 13.2 Å². The molecule has 3 heterocycles. The zero-order chi connectivity index (χ0) is 18.3. The molecule has 3 aromatic rings. The van der Waals surface area contributed by atoms with E-state index in [9.17, 15) is 0 Å². The van der Waals surface area contributed by atoms with Gasteiger partial charge in [-0.15, -0.1) is 0 Å². The number of hydrogen-bond donors (Lipinski definition) is 1. The third-order valence-corrected chi connectivity index (χ3v) is 4.42. The number of aromatic nitrogens is 3. The highest BCUT2D eigenvalue weighted by Gasteiger charge is 2.23. The number of nitrogens with one attached hydrogen (secondary N) is 1. The molecule has 4 rings (SSSR count). The summed E-state index contributed by atoms with van der Waals surface area (Å²) in [5.74, 6) is 2.52. The summed E-state index contributed by atoms with van der Waals surface area (Å²) in [7, 11) is 0. The normalized spacial score (nSPS) is 13.7. The summed E-state index contributed by atoms with van der Waals surface area (Å²) in [6.07, 6.45) is 1.82. The van der Waals surface area contributed by atoms with E-state index in [1.54, 1.807) is 0 Å². The van der Waals surface area contributed by atoms with Crippen LogP contribution in [0, 0.1) is 6.92 Å². The van der Waals surface area contributed by atoms with Crippen LogP contribution in [0.3, 0.4) is 0 Å². The van der Waals surface area contributed by atoms with Gasteiger partial charge in [0.2, 0.25) is 0 Å². The minimum Gasteiger partial charge on any atom is -0.486 e. The number of pyridine rings is 1. The maximum Gasteiger partial charge on any atom is 0.162 e. The van der Waals surface area contributed by atoms with Crippen LogP contribution in [0.25, 0.3) is 22.5 Å². The molecule has 1 N–H and O–H groups in total. The molecule has 0 saturated carbocycles. The fourth-order valence-corrected chi connectivity index (χ4v) is 3.04. The summed E-state index contributed by atoms with van der Waals surface area (Å²) in [6.45, 7) is 9.61. The molecule has 1 aliphatic rings. The van der Waals surface area contributed by atoms with E-state index in [-0.39, 0.29) is 5.41 Å². The van der Waals surface area contributed by atoms with Crippen LogP contribution in [0.15, 0.2) is 36.5 Å². The topological polar surface area (TPSA) is 60.0 Å². The monoisotopic (exact) mass is 349 g/mol. The fraction of sp³-hybridized carbons (Fsp3) is 0.333. The van der Waals surface area contributed by atoms with Gasteiger partial charge in [-0.2, -0.15) is 0 Å². The van der Waals surface area contributed by atoms with Crippen molar-refractivity contribution < 1.29 is 9.47 Å². The minimum absolute atomic E-state index is 0.0805. The summed E-state index contributed by atoms with van der Waals surface area (Å²) in [5, 5.41) is 0. The number of imidazole rings is 1. The number of benzene rings is 1. The second kappa shape index (κ2) is 6.16. The number of aryl methyl sites for hydroxylation is 1. The zero-order valence-corrected chi connectivity index (χ0v) is 15.6. The quantitative estimate of drug-likeness (QED) is 0.739. The second-order valence-corrected chi connectivity index (χ2v) is 7.60. The SMILES string of the molecule is Cc1cc(-c2nc(C(C)(C)C)[nH]c2-c2ccc3c(c2)OCCO3)ccn1. The van der Waals surface area contributed by atoms with Crippen molar-refractivity contribution in [2.24, 2.45) is 0 Å². The van der Waals surface area contributed by atoms with Crippen LogP contribution < -0.4 is 9.47 Å². The van der Waals surface area contributed by atoms with Crippen LogP contribution >= 0.6 is 0 Å². The number of H-pyrrole nitrogens is 1. The zero-order valence-electron chi connectivity index (χ0n) is 15.6. The van der Waals surface area contributed by atoms with Gasteiger partial charge < -0.3 is 14.5 Å². The Morgan fingerprint density at radius 3 is 2.46 bits per heavy atom. The molecule has 0 saturated heterocycles. The van der Waals surface area contributed by atoms with Crippen molar-refractivity contribution in [1.82, 2.24) is 15.0 Å². The van der Waals surface area contributed by atoms with Gasteiger partial charge in [0.25, 0.3) is 0 Å². The first-order chi connectivity index (χ1) is 12.4. The molecule has 0 unspecified atom stereocenters. The summed E-state index contributed by atoms with van der Waals surface area (Å²) < 4.78 is 11.4. The molecule has 1 aromatic carbocycles. The van der Waals surface area contributed by atoms with Gasteiger partial charge in [-0.1, -0.05) is 20.8 Å². The third-order valence-electron chi connectivity index (χ3n) is 4.42. The highest BCUT2D eigenvalue weighted by atomic mass is 16.6. The van der Waals surface area contributed by atoms with Gasteiger partial charge in [-0.25, -0.2) is 4.98 Å². The fourth-order valence-electron chi connectivity index (χ4n) is 3.04. The molecular weight excluding hydrogens is 326 g/mol. The first kappa shape index (κ1) is 16.6. The molecule has 0 fully saturated rings. The predicted molar refractivity (Wildman–Crippen MR) is 102 cm³/mol. The molecule has 0 atom stereocenters. The Morgan fingerprint density at radius 2 is 1.73 bits per heavy atom. The van der Waals surface area contributed by atoms with Crippen LogP contribution in [0.2, 0.25) is 0 Å². The molecule has 2 aromatic heterocycles. The molecule has 0 bridgehead atoms. The standard InChI is InChI=1S/C21H23N3O2/c1-13-11-15(7-8-22-13)19-18(23-20(24-19)21(2,3)4)14-5-6-16-17(12-14)26-10-9-25-16/h5-8,11-12H,9-10H2,1-4H3,(H,23,24). The van der Waals surface area contributed by atoms with E-state index >= 15 is 0 Å². The largest absolute Gasteiger partial charge is 0.486 e. The van der Waals surface area contributed by atoms with E-state index in [1.807, 2.05) is 37.4 Å². The number of ether oxygens (including phenoxy) is 2. The molecular formula is C21H23N3O2. The van der Waals surface area contributed by atoms with Crippen molar-refractivity contribution in [3.63, 3.8) is 0 Å².